The Morgan fingerprint density at radius 2 is 0.709 bits per heavy atom. The van der Waals surface area contributed by atoms with Gasteiger partial charge in [-0.2, -0.15) is 0 Å². The summed E-state index contributed by atoms with van der Waals surface area (Å²) in [5.41, 5.74) is 0. The highest BCUT2D eigenvalue weighted by Crippen LogP contribution is 2.38. The van der Waals surface area contributed by atoms with Crippen LogP contribution in [0.2, 0.25) is 0 Å². The third-order valence-corrected chi connectivity index (χ3v) is 16.7. The summed E-state index contributed by atoms with van der Waals surface area (Å²) >= 11 is 0. The lowest BCUT2D eigenvalue weighted by molar-refractivity contribution is -0.870. The van der Waals surface area contributed by atoms with E-state index in [1.165, 1.54) is 167 Å². The molecule has 3 atom stereocenters. The van der Waals surface area contributed by atoms with Gasteiger partial charge in [0.15, 0.2) is 0 Å². The Bertz CT molecular complexity index is 1820. The molecule has 0 saturated carbocycles. The highest BCUT2D eigenvalue weighted by atomic mass is 31.2. The third kappa shape index (κ3) is 68.4. The van der Waals surface area contributed by atoms with Gasteiger partial charge in [0.2, 0.25) is 5.91 Å². The van der Waals surface area contributed by atoms with E-state index in [0.717, 1.165) is 116 Å². The van der Waals surface area contributed by atoms with E-state index in [1.54, 1.807) is 0 Å². The Kier molecular flexibility index (Phi) is 63.9. The van der Waals surface area contributed by atoms with E-state index in [4.69, 9.17) is 9.05 Å². The number of hydrogen-bond acceptors (Lipinski definition) is 6. The number of carbonyl (C=O) groups excluding carboxylic acids is 1. The fourth-order valence-electron chi connectivity index (χ4n) is 10.2. The summed E-state index contributed by atoms with van der Waals surface area (Å²) < 4.78 is 23.5. The number of amides is 1. The van der Waals surface area contributed by atoms with Gasteiger partial charge in [-0.15, -0.1) is 0 Å². The van der Waals surface area contributed by atoms with Gasteiger partial charge in [0.25, 0.3) is 7.82 Å². The van der Waals surface area contributed by atoms with Crippen molar-refractivity contribution in [2.24, 2.45) is 0 Å². The highest BCUT2D eigenvalue weighted by Gasteiger charge is 2.24. The molecule has 1 amide bonds. The van der Waals surface area contributed by atoms with Crippen LogP contribution in [0, 0.1) is 0 Å². The van der Waals surface area contributed by atoms with Crippen molar-refractivity contribution < 1.29 is 32.9 Å². The molecular weight excluding hydrogens is 1080 g/mol. The summed E-state index contributed by atoms with van der Waals surface area (Å²) in [5.74, 6) is -0.180. The van der Waals surface area contributed by atoms with E-state index >= 15 is 0 Å². The van der Waals surface area contributed by atoms with Gasteiger partial charge < -0.3 is 28.8 Å². The molecule has 0 aromatic rings. The Morgan fingerprint density at radius 1 is 0.419 bits per heavy atom. The Labute approximate surface area is 533 Å². The average Bonchev–Trinajstić information content (AvgIpc) is 3.70. The molecule has 0 bridgehead atoms. The van der Waals surface area contributed by atoms with Crippen LogP contribution < -0.4 is 10.2 Å². The lowest BCUT2D eigenvalue weighted by Gasteiger charge is -2.30. The zero-order valence-electron chi connectivity index (χ0n) is 56.7. The van der Waals surface area contributed by atoms with Crippen molar-refractivity contribution in [2.75, 3.05) is 40.9 Å². The Balaban J connectivity index is 4.13. The van der Waals surface area contributed by atoms with Crippen molar-refractivity contribution in [1.29, 1.82) is 0 Å². The van der Waals surface area contributed by atoms with Crippen molar-refractivity contribution in [3.05, 3.63) is 122 Å². The first-order valence-corrected chi connectivity index (χ1v) is 37.3. The van der Waals surface area contributed by atoms with E-state index in [-0.39, 0.29) is 19.1 Å². The van der Waals surface area contributed by atoms with Crippen molar-refractivity contribution in [3.63, 3.8) is 0 Å². The molecule has 0 spiro atoms. The molecule has 9 heteroatoms. The topological polar surface area (TPSA) is 108 Å². The number of carbonyl (C=O) groups is 1. The molecule has 8 nitrogen and oxygen atoms in total. The van der Waals surface area contributed by atoms with E-state index < -0.39 is 20.0 Å². The van der Waals surface area contributed by atoms with Crippen LogP contribution in [0.25, 0.3) is 0 Å². The number of hydrogen-bond donors (Lipinski definition) is 2. The van der Waals surface area contributed by atoms with Crippen molar-refractivity contribution in [1.82, 2.24) is 5.32 Å². The van der Waals surface area contributed by atoms with Crippen LogP contribution in [0.1, 0.15) is 309 Å². The molecule has 2 N–H and O–H groups in total. The third-order valence-electron chi connectivity index (χ3n) is 15.7. The Morgan fingerprint density at radius 3 is 1.03 bits per heavy atom. The summed E-state index contributed by atoms with van der Waals surface area (Å²) in [5, 5.41) is 14.1. The molecule has 0 fully saturated rings. The van der Waals surface area contributed by atoms with E-state index in [2.05, 4.69) is 141 Å². The standard InChI is InChI=1S/C77H137N2O6P/c1-6-8-10-12-14-16-18-20-22-24-26-28-30-32-34-35-36-37-38-39-40-41-42-43-45-47-49-51-53-55-57-59-61-63-65-67-69-71-77(81)78-75(74-85-86(82,83)84-73-72-79(3,4)5)76(80)70-68-66-64-62-60-58-56-54-52-50-48-46-44-33-31-29-27-25-23-21-19-17-15-13-11-9-7-2/h8,10,14,16,20,22,26,28,32,34,36-37,39-40,42-43,47,49,53,55,75-76,80H,6-7,9,11-13,15,17-19,21,23-25,27,29-31,33,35,38,41,44-46,48,50-52,54,56-74H2,1-5H3,(H-,78,81,82,83)/b10-8-,16-14-,22-20-,28-26-,34-32-,37-36-,40-39-,43-42-,49-47-,55-53-. The fraction of sp³-hybridized carbons (Fsp3) is 0.727. The predicted octanol–water partition coefficient (Wildman–Crippen LogP) is 22.6. The minimum absolute atomic E-state index is 0.00355. The van der Waals surface area contributed by atoms with Crippen molar-refractivity contribution >= 4 is 13.7 Å². The second kappa shape index (κ2) is 66.3. The summed E-state index contributed by atoms with van der Waals surface area (Å²) in [4.78, 5) is 25.7. The van der Waals surface area contributed by atoms with Crippen LogP contribution in [-0.4, -0.2) is 68.5 Å². The largest absolute Gasteiger partial charge is 0.756 e. The second-order valence-electron chi connectivity index (χ2n) is 25.2. The molecule has 0 aliphatic heterocycles. The number of aliphatic hydroxyl groups is 1. The van der Waals surface area contributed by atoms with E-state index in [9.17, 15) is 19.4 Å². The van der Waals surface area contributed by atoms with Gasteiger partial charge in [-0.1, -0.05) is 334 Å². The molecule has 0 heterocycles. The summed E-state index contributed by atoms with van der Waals surface area (Å²) in [6.07, 6.45) is 98.4. The number of nitrogens with one attached hydrogen (secondary N) is 1. The first-order valence-electron chi connectivity index (χ1n) is 35.9. The number of phosphoric acid groups is 1. The van der Waals surface area contributed by atoms with Gasteiger partial charge >= 0.3 is 0 Å². The molecule has 0 rings (SSSR count). The zero-order valence-corrected chi connectivity index (χ0v) is 57.6. The van der Waals surface area contributed by atoms with Gasteiger partial charge in [0, 0.05) is 6.42 Å². The first-order chi connectivity index (χ1) is 42.0. The summed E-state index contributed by atoms with van der Waals surface area (Å²) in [6.45, 7) is 4.62. The van der Waals surface area contributed by atoms with Crippen molar-refractivity contribution in [3.8, 4) is 0 Å². The minimum atomic E-state index is -4.59. The molecule has 0 aliphatic rings. The number of rotatable bonds is 65. The number of allylic oxidation sites excluding steroid dienone is 20. The number of phosphoric ester groups is 1. The maximum atomic E-state index is 13.1. The molecule has 496 valence electrons. The maximum absolute atomic E-state index is 13.1. The summed E-state index contributed by atoms with van der Waals surface area (Å²) in [7, 11) is 1.29. The van der Waals surface area contributed by atoms with Gasteiger partial charge in [0.05, 0.1) is 39.9 Å². The molecule has 0 aliphatic carbocycles. The lowest BCUT2D eigenvalue weighted by Crippen LogP contribution is -2.46. The SMILES string of the molecule is CC/C=C\C/C=C\C/C=C\C/C=C\C/C=C\C/C=C\C/C=C\C/C=C\C/C=C\C/C=C\CCCCCCCCC(=O)NC(COP(=O)([O-])OCC[N+](C)(C)C)C(O)CCCCCCCCCCCCCCCCCCCCCCCCCCCCC. The van der Waals surface area contributed by atoms with Crippen LogP contribution >= 0.6 is 7.82 Å². The number of unbranched alkanes of at least 4 members (excludes halogenated alkanes) is 32. The average molecular weight is 1220 g/mol. The Hall–Kier alpha value is -3.10. The summed E-state index contributed by atoms with van der Waals surface area (Å²) in [6, 6.07) is -0.820. The number of quaternary nitrogens is 1. The first kappa shape index (κ1) is 82.9. The van der Waals surface area contributed by atoms with Crippen LogP contribution in [0.15, 0.2) is 122 Å². The second-order valence-corrected chi connectivity index (χ2v) is 26.6. The van der Waals surface area contributed by atoms with E-state index in [0.29, 0.717) is 23.9 Å². The molecule has 0 radical (unpaired) electrons. The van der Waals surface area contributed by atoms with Gasteiger partial charge in [0.1, 0.15) is 13.2 Å². The predicted molar refractivity (Wildman–Crippen MR) is 375 cm³/mol. The smallest absolute Gasteiger partial charge is 0.268 e. The fourth-order valence-corrected chi connectivity index (χ4v) is 10.9. The van der Waals surface area contributed by atoms with Crippen molar-refractivity contribution in [2.45, 2.75) is 321 Å². The zero-order chi connectivity index (χ0) is 62.6. The molecule has 86 heavy (non-hydrogen) atoms. The van der Waals surface area contributed by atoms with Gasteiger partial charge in [-0.05, 0) is 89.9 Å². The number of aliphatic hydroxyl groups excluding tert-OH is 1. The normalized spacial score (nSPS) is 14.4. The molecule has 0 saturated heterocycles. The molecule has 3 unspecified atom stereocenters. The maximum Gasteiger partial charge on any atom is 0.268 e. The lowest BCUT2D eigenvalue weighted by atomic mass is 10.0. The van der Waals surface area contributed by atoms with Gasteiger partial charge in [-0.25, -0.2) is 0 Å². The van der Waals surface area contributed by atoms with Crippen LogP contribution in [0.3, 0.4) is 0 Å². The van der Waals surface area contributed by atoms with Crippen LogP contribution in [-0.2, 0) is 18.4 Å². The molecule has 0 aromatic carbocycles. The highest BCUT2D eigenvalue weighted by molar-refractivity contribution is 7.45. The minimum Gasteiger partial charge on any atom is -0.756 e. The number of nitrogens with zero attached hydrogens (tertiary/aromatic N) is 1. The molecule has 0 aromatic heterocycles. The van der Waals surface area contributed by atoms with Gasteiger partial charge in [-0.3, -0.25) is 9.36 Å². The van der Waals surface area contributed by atoms with Crippen LogP contribution in [0.4, 0.5) is 0 Å². The quantitative estimate of drug-likeness (QED) is 0.0272. The van der Waals surface area contributed by atoms with E-state index in [1.807, 2.05) is 21.1 Å². The molecular formula is C77H137N2O6P. The number of likely N-dealkylation sites (N-methyl/N-ethyl adjacent to an activating group) is 1. The monoisotopic (exact) mass is 1220 g/mol. The van der Waals surface area contributed by atoms with Crippen LogP contribution in [0.5, 0.6) is 0 Å².